The van der Waals surface area contributed by atoms with E-state index in [1.807, 2.05) is 0 Å². The molecule has 0 spiro atoms. The zero-order chi connectivity index (χ0) is 13.1. The van der Waals surface area contributed by atoms with E-state index in [1.165, 1.54) is 24.0 Å². The number of piperidine rings is 1. The Hall–Kier alpha value is -1.60. The third-order valence-electron chi connectivity index (χ3n) is 4.41. The van der Waals surface area contributed by atoms with Crippen molar-refractivity contribution in [3.8, 4) is 0 Å². The van der Waals surface area contributed by atoms with E-state index in [0.717, 1.165) is 6.54 Å². The van der Waals surface area contributed by atoms with Crippen molar-refractivity contribution in [2.75, 3.05) is 6.54 Å². The van der Waals surface area contributed by atoms with Gasteiger partial charge in [0.25, 0.3) is 0 Å². The Morgan fingerprint density at radius 1 is 0.895 bits per heavy atom. The molecule has 2 aromatic carbocycles. The van der Waals surface area contributed by atoms with Gasteiger partial charge in [0, 0.05) is 18.0 Å². The summed E-state index contributed by atoms with van der Waals surface area (Å²) in [5.41, 5.74) is 3.00. The van der Waals surface area contributed by atoms with Gasteiger partial charge in [0.2, 0.25) is 0 Å². The summed E-state index contributed by atoms with van der Waals surface area (Å²) >= 11 is 0. The minimum absolute atomic E-state index is 0.134. The smallest absolute Gasteiger partial charge is 0.0327 e. The van der Waals surface area contributed by atoms with Crippen molar-refractivity contribution in [2.24, 2.45) is 0 Å². The Morgan fingerprint density at radius 2 is 1.42 bits per heavy atom. The van der Waals surface area contributed by atoms with Crippen LogP contribution in [0.2, 0.25) is 0 Å². The highest BCUT2D eigenvalue weighted by molar-refractivity contribution is 5.40. The number of hydrogen-bond donors (Lipinski definition) is 1. The van der Waals surface area contributed by atoms with Crippen molar-refractivity contribution in [2.45, 2.75) is 31.2 Å². The van der Waals surface area contributed by atoms with Crippen LogP contribution >= 0.6 is 0 Å². The fourth-order valence-corrected chi connectivity index (χ4v) is 3.18. The van der Waals surface area contributed by atoms with Crippen LogP contribution in [-0.4, -0.2) is 12.6 Å². The first-order valence-electron chi connectivity index (χ1n) is 7.16. The largest absolute Gasteiger partial charge is 0.313 e. The summed E-state index contributed by atoms with van der Waals surface area (Å²) in [5, 5.41) is 3.67. The van der Waals surface area contributed by atoms with Crippen LogP contribution < -0.4 is 5.32 Å². The average molecular weight is 251 g/mol. The van der Waals surface area contributed by atoms with Crippen molar-refractivity contribution >= 4 is 0 Å². The van der Waals surface area contributed by atoms with Crippen molar-refractivity contribution in [3.63, 3.8) is 0 Å². The zero-order valence-corrected chi connectivity index (χ0v) is 11.5. The molecule has 1 unspecified atom stereocenters. The highest BCUT2D eigenvalue weighted by Gasteiger charge is 2.37. The maximum Gasteiger partial charge on any atom is 0.0327 e. The van der Waals surface area contributed by atoms with Gasteiger partial charge in [-0.3, -0.25) is 0 Å². The molecular weight excluding hydrogens is 230 g/mol. The summed E-state index contributed by atoms with van der Waals surface area (Å²) in [6, 6.07) is 22.5. The summed E-state index contributed by atoms with van der Waals surface area (Å²) in [7, 11) is 0. The van der Waals surface area contributed by atoms with E-state index in [-0.39, 0.29) is 5.41 Å². The van der Waals surface area contributed by atoms with Crippen LogP contribution in [0.3, 0.4) is 0 Å². The van der Waals surface area contributed by atoms with E-state index in [1.54, 1.807) is 0 Å². The molecule has 0 radical (unpaired) electrons. The second kappa shape index (κ2) is 5.18. The molecule has 0 saturated carbocycles. The molecule has 1 saturated heterocycles. The third-order valence-corrected chi connectivity index (χ3v) is 4.41. The Bertz CT molecular complexity index is 468. The molecule has 98 valence electrons. The number of benzene rings is 2. The minimum atomic E-state index is 0.134. The lowest BCUT2D eigenvalue weighted by Crippen LogP contribution is -2.48. The van der Waals surface area contributed by atoms with Crippen LogP contribution in [0.25, 0.3) is 0 Å². The number of hydrogen-bond acceptors (Lipinski definition) is 1. The van der Waals surface area contributed by atoms with Crippen molar-refractivity contribution < 1.29 is 0 Å². The van der Waals surface area contributed by atoms with Crippen LogP contribution in [0.1, 0.15) is 30.9 Å². The lowest BCUT2D eigenvalue weighted by atomic mass is 9.69. The molecule has 0 aromatic heterocycles. The maximum atomic E-state index is 3.67. The topological polar surface area (TPSA) is 12.0 Å². The van der Waals surface area contributed by atoms with Gasteiger partial charge in [-0.15, -0.1) is 0 Å². The molecule has 0 aliphatic carbocycles. The average Bonchev–Trinajstić information content (AvgIpc) is 2.50. The first kappa shape index (κ1) is 12.4. The van der Waals surface area contributed by atoms with Gasteiger partial charge in [-0.05, 0) is 30.9 Å². The van der Waals surface area contributed by atoms with Gasteiger partial charge >= 0.3 is 0 Å². The van der Waals surface area contributed by atoms with Gasteiger partial charge in [-0.2, -0.15) is 0 Å². The first-order valence-corrected chi connectivity index (χ1v) is 7.16. The second-order valence-electron chi connectivity index (χ2n) is 5.63. The monoisotopic (exact) mass is 251 g/mol. The molecule has 2 aromatic rings. The second-order valence-corrected chi connectivity index (χ2v) is 5.63. The Labute approximate surface area is 115 Å². The highest BCUT2D eigenvalue weighted by atomic mass is 14.9. The fraction of sp³-hybridized carbons (Fsp3) is 0.333. The van der Waals surface area contributed by atoms with Crippen LogP contribution in [0.5, 0.6) is 0 Å². The van der Waals surface area contributed by atoms with Gasteiger partial charge in [-0.1, -0.05) is 60.7 Å². The van der Waals surface area contributed by atoms with Gasteiger partial charge < -0.3 is 5.32 Å². The number of nitrogens with one attached hydrogen (secondary N) is 1. The van der Waals surface area contributed by atoms with E-state index in [2.05, 4.69) is 72.9 Å². The van der Waals surface area contributed by atoms with Crippen LogP contribution in [0.15, 0.2) is 60.7 Å². The number of rotatable bonds is 2. The molecule has 1 fully saturated rings. The first-order chi connectivity index (χ1) is 9.31. The van der Waals surface area contributed by atoms with Gasteiger partial charge in [-0.25, -0.2) is 0 Å². The predicted octanol–water partition coefficient (Wildman–Crippen LogP) is 3.74. The van der Waals surface area contributed by atoms with Crippen molar-refractivity contribution in [1.29, 1.82) is 0 Å². The molecule has 0 bridgehead atoms. The molecule has 1 heterocycles. The molecule has 1 heteroatoms. The van der Waals surface area contributed by atoms with E-state index in [0.29, 0.717) is 6.04 Å². The Morgan fingerprint density at radius 3 is 1.84 bits per heavy atom. The standard InChI is InChI=1S/C18H21N/c1-15-12-13-18(14-19-15,16-8-4-2-5-9-16)17-10-6-3-7-11-17/h2-11,15,19H,12-14H2,1H3. The van der Waals surface area contributed by atoms with Gasteiger partial charge in [0.15, 0.2) is 0 Å². The lowest BCUT2D eigenvalue weighted by molar-refractivity contribution is 0.313. The van der Waals surface area contributed by atoms with Gasteiger partial charge in [0.05, 0.1) is 0 Å². The molecule has 1 N–H and O–H groups in total. The predicted molar refractivity (Wildman–Crippen MR) is 80.4 cm³/mol. The lowest BCUT2D eigenvalue weighted by Gasteiger charge is -2.41. The molecule has 0 amide bonds. The molecule has 1 nitrogen and oxygen atoms in total. The van der Waals surface area contributed by atoms with E-state index < -0.39 is 0 Å². The molecule has 19 heavy (non-hydrogen) atoms. The third kappa shape index (κ3) is 2.31. The SMILES string of the molecule is CC1CCC(c2ccccc2)(c2ccccc2)CN1. The maximum absolute atomic E-state index is 3.67. The van der Waals surface area contributed by atoms with Gasteiger partial charge in [0.1, 0.15) is 0 Å². The molecular formula is C18H21N. The molecule has 1 atom stereocenters. The zero-order valence-electron chi connectivity index (χ0n) is 11.5. The summed E-state index contributed by atoms with van der Waals surface area (Å²) in [5.74, 6) is 0. The van der Waals surface area contributed by atoms with Crippen LogP contribution in [0.4, 0.5) is 0 Å². The Balaban J connectivity index is 2.06. The molecule has 1 aliphatic rings. The van der Waals surface area contributed by atoms with E-state index >= 15 is 0 Å². The summed E-state index contributed by atoms with van der Waals surface area (Å²) < 4.78 is 0. The summed E-state index contributed by atoms with van der Waals surface area (Å²) in [6.45, 7) is 3.31. The fourth-order valence-electron chi connectivity index (χ4n) is 3.18. The summed E-state index contributed by atoms with van der Waals surface area (Å²) in [4.78, 5) is 0. The van der Waals surface area contributed by atoms with E-state index in [4.69, 9.17) is 0 Å². The quantitative estimate of drug-likeness (QED) is 0.857. The molecule has 1 aliphatic heterocycles. The minimum Gasteiger partial charge on any atom is -0.313 e. The Kier molecular flexibility index (Phi) is 3.39. The van der Waals surface area contributed by atoms with Crippen molar-refractivity contribution in [1.82, 2.24) is 5.32 Å². The van der Waals surface area contributed by atoms with Crippen molar-refractivity contribution in [3.05, 3.63) is 71.8 Å². The van der Waals surface area contributed by atoms with Crippen LogP contribution in [-0.2, 0) is 5.41 Å². The van der Waals surface area contributed by atoms with E-state index in [9.17, 15) is 0 Å². The molecule has 3 rings (SSSR count). The normalized spacial score (nSPS) is 22.1. The highest BCUT2D eigenvalue weighted by Crippen LogP contribution is 2.38. The van der Waals surface area contributed by atoms with Crippen LogP contribution in [0, 0.1) is 0 Å². The summed E-state index contributed by atoms with van der Waals surface area (Å²) in [6.07, 6.45) is 2.44.